The van der Waals surface area contributed by atoms with Crippen molar-refractivity contribution in [3.8, 4) is 0 Å². The minimum atomic E-state index is -0.470. The van der Waals surface area contributed by atoms with Crippen LogP contribution in [0.2, 0.25) is 0 Å². The van der Waals surface area contributed by atoms with E-state index in [0.717, 1.165) is 64.3 Å². The summed E-state index contributed by atoms with van der Waals surface area (Å²) in [6, 6.07) is 10.6. The van der Waals surface area contributed by atoms with E-state index in [0.29, 0.717) is 12.8 Å². The fraction of sp³-hybridized carbons (Fsp3) is 0.630. The van der Waals surface area contributed by atoms with Crippen LogP contribution >= 0.6 is 0 Å². The van der Waals surface area contributed by atoms with Crippen LogP contribution in [0.15, 0.2) is 42.5 Å². The number of aliphatic hydroxyl groups excluding tert-OH is 1. The highest BCUT2D eigenvalue weighted by Gasteiger charge is 2.28. The lowest BCUT2D eigenvalue weighted by atomic mass is 9.95. The van der Waals surface area contributed by atoms with Crippen molar-refractivity contribution in [2.24, 2.45) is 5.92 Å². The maximum atomic E-state index is 12.3. The number of unbranched alkanes of at least 4 members (excludes halogenated alkanes) is 4. The van der Waals surface area contributed by atoms with Gasteiger partial charge in [0.05, 0.1) is 19.3 Å². The number of aliphatic hydroxyl groups is 1. The van der Waals surface area contributed by atoms with E-state index in [1.165, 1.54) is 12.7 Å². The maximum Gasteiger partial charge on any atom is 0.305 e. The van der Waals surface area contributed by atoms with Crippen LogP contribution in [-0.2, 0) is 20.7 Å². The van der Waals surface area contributed by atoms with E-state index >= 15 is 0 Å². The summed E-state index contributed by atoms with van der Waals surface area (Å²) in [4.78, 5) is 25.4. The molecule has 0 spiro atoms. The van der Waals surface area contributed by atoms with Gasteiger partial charge in [-0.1, -0.05) is 68.7 Å². The van der Waals surface area contributed by atoms with Crippen molar-refractivity contribution in [2.75, 3.05) is 13.7 Å². The first-order valence-electron chi connectivity index (χ1n) is 12.3. The molecule has 1 aliphatic heterocycles. The molecule has 0 aromatic heterocycles. The topological polar surface area (TPSA) is 66.8 Å². The number of amides is 1. The van der Waals surface area contributed by atoms with Crippen molar-refractivity contribution < 1.29 is 19.4 Å². The average Bonchev–Trinajstić information content (AvgIpc) is 3.16. The third-order valence-corrected chi connectivity index (χ3v) is 6.46. The molecule has 1 N–H and O–H groups in total. The van der Waals surface area contributed by atoms with Crippen LogP contribution in [0.3, 0.4) is 0 Å². The van der Waals surface area contributed by atoms with Crippen molar-refractivity contribution in [2.45, 2.75) is 89.7 Å². The van der Waals surface area contributed by atoms with Crippen LogP contribution in [0.25, 0.3) is 0 Å². The first kappa shape index (κ1) is 26.1. The van der Waals surface area contributed by atoms with Crippen LogP contribution in [0.1, 0.15) is 76.7 Å². The van der Waals surface area contributed by atoms with E-state index in [4.69, 9.17) is 0 Å². The smallest absolute Gasteiger partial charge is 0.305 e. The van der Waals surface area contributed by atoms with E-state index in [1.807, 2.05) is 23.1 Å². The zero-order valence-electron chi connectivity index (χ0n) is 19.9. The normalized spacial score (nSPS) is 18.3. The van der Waals surface area contributed by atoms with Crippen molar-refractivity contribution in [1.29, 1.82) is 0 Å². The molecule has 1 heterocycles. The van der Waals surface area contributed by atoms with Crippen LogP contribution in [0.5, 0.6) is 0 Å². The molecule has 0 unspecified atom stereocenters. The van der Waals surface area contributed by atoms with Gasteiger partial charge in [-0.05, 0) is 50.0 Å². The molecule has 0 radical (unpaired) electrons. The SMILES string of the molecule is COC(=O)CCCCCCN1C(=O)CC[C@@H]1/C=C/[C@@H](O)[C@@H](C)CCCCc1ccccc1. The highest BCUT2D eigenvalue weighted by Crippen LogP contribution is 2.22. The molecule has 32 heavy (non-hydrogen) atoms. The fourth-order valence-electron chi connectivity index (χ4n) is 4.30. The standard InChI is InChI=1S/C27H41NO4/c1-22(12-9-10-15-23-13-6-5-7-14-23)25(29)19-17-24-18-20-26(30)28(24)21-11-4-3-8-16-27(31)32-2/h5-7,13-14,17,19,22,24-25,29H,3-4,8-12,15-16,18,20-21H2,1-2H3/b19-17+/t22-,24-,25+/m0/s1. The number of esters is 1. The minimum Gasteiger partial charge on any atom is -0.469 e. The Morgan fingerprint density at radius 3 is 2.66 bits per heavy atom. The number of hydrogen-bond donors (Lipinski definition) is 1. The summed E-state index contributed by atoms with van der Waals surface area (Å²) in [5, 5.41) is 10.6. The fourth-order valence-corrected chi connectivity index (χ4v) is 4.30. The zero-order chi connectivity index (χ0) is 23.2. The Kier molecular flexibility index (Phi) is 12.1. The van der Waals surface area contributed by atoms with Gasteiger partial charge in [-0.25, -0.2) is 0 Å². The second-order valence-electron chi connectivity index (χ2n) is 9.02. The summed E-state index contributed by atoms with van der Waals surface area (Å²) in [6.45, 7) is 2.85. The second kappa shape index (κ2) is 14.8. The van der Waals surface area contributed by atoms with Crippen molar-refractivity contribution in [1.82, 2.24) is 4.90 Å². The Balaban J connectivity index is 1.65. The highest BCUT2D eigenvalue weighted by molar-refractivity contribution is 5.79. The van der Waals surface area contributed by atoms with Gasteiger partial charge >= 0.3 is 5.97 Å². The molecular formula is C27H41NO4. The maximum absolute atomic E-state index is 12.3. The lowest BCUT2D eigenvalue weighted by Crippen LogP contribution is -2.33. The molecule has 1 aliphatic rings. The Morgan fingerprint density at radius 2 is 1.91 bits per heavy atom. The molecule has 0 bridgehead atoms. The number of likely N-dealkylation sites (tertiary alicyclic amines) is 1. The van der Waals surface area contributed by atoms with Gasteiger partial charge < -0.3 is 14.7 Å². The number of ether oxygens (including phenoxy) is 1. The van der Waals surface area contributed by atoms with E-state index in [9.17, 15) is 14.7 Å². The molecule has 1 fully saturated rings. The summed E-state index contributed by atoms with van der Waals surface area (Å²) >= 11 is 0. The van der Waals surface area contributed by atoms with Crippen molar-refractivity contribution in [3.63, 3.8) is 0 Å². The number of hydrogen-bond acceptors (Lipinski definition) is 4. The van der Waals surface area contributed by atoms with E-state index in [-0.39, 0.29) is 23.8 Å². The largest absolute Gasteiger partial charge is 0.469 e. The van der Waals surface area contributed by atoms with Gasteiger partial charge in [0.15, 0.2) is 0 Å². The van der Waals surface area contributed by atoms with Gasteiger partial charge in [0, 0.05) is 19.4 Å². The number of benzene rings is 1. The predicted octanol–water partition coefficient (Wildman–Crippen LogP) is 5.07. The molecule has 178 valence electrons. The number of methoxy groups -OCH3 is 1. The predicted molar refractivity (Wildman–Crippen MR) is 128 cm³/mol. The molecule has 1 aromatic rings. The third kappa shape index (κ3) is 9.56. The molecule has 3 atom stereocenters. The van der Waals surface area contributed by atoms with E-state index in [1.54, 1.807) is 0 Å². The van der Waals surface area contributed by atoms with E-state index in [2.05, 4.69) is 35.9 Å². The molecular weight excluding hydrogens is 402 g/mol. The van der Waals surface area contributed by atoms with Gasteiger partial charge in [-0.3, -0.25) is 9.59 Å². The van der Waals surface area contributed by atoms with Crippen LogP contribution in [0.4, 0.5) is 0 Å². The Morgan fingerprint density at radius 1 is 1.16 bits per heavy atom. The van der Waals surface area contributed by atoms with Gasteiger partial charge in [0.1, 0.15) is 0 Å². The average molecular weight is 444 g/mol. The Labute approximate surface area is 193 Å². The lowest BCUT2D eigenvalue weighted by molar-refractivity contribution is -0.140. The molecule has 0 saturated carbocycles. The number of rotatable bonds is 15. The Hall–Kier alpha value is -2.14. The quantitative estimate of drug-likeness (QED) is 0.234. The van der Waals surface area contributed by atoms with Crippen LogP contribution < -0.4 is 0 Å². The van der Waals surface area contributed by atoms with Crippen molar-refractivity contribution in [3.05, 3.63) is 48.0 Å². The minimum absolute atomic E-state index is 0.0949. The number of carbonyl (C=O) groups excluding carboxylic acids is 2. The lowest BCUT2D eigenvalue weighted by Gasteiger charge is -2.23. The van der Waals surface area contributed by atoms with E-state index < -0.39 is 6.10 Å². The highest BCUT2D eigenvalue weighted by atomic mass is 16.5. The first-order valence-corrected chi connectivity index (χ1v) is 12.3. The van der Waals surface area contributed by atoms with Crippen molar-refractivity contribution >= 4 is 11.9 Å². The van der Waals surface area contributed by atoms with Gasteiger partial charge in [0.25, 0.3) is 0 Å². The zero-order valence-corrected chi connectivity index (χ0v) is 19.9. The number of nitrogens with zero attached hydrogens (tertiary/aromatic N) is 1. The van der Waals surface area contributed by atoms with Gasteiger partial charge in [-0.2, -0.15) is 0 Å². The Bertz CT molecular complexity index is 703. The molecule has 1 aromatic carbocycles. The summed E-state index contributed by atoms with van der Waals surface area (Å²) in [5.41, 5.74) is 1.37. The third-order valence-electron chi connectivity index (χ3n) is 6.46. The first-order chi connectivity index (χ1) is 15.5. The van der Waals surface area contributed by atoms with Gasteiger partial charge in [0.2, 0.25) is 5.91 Å². The molecule has 1 amide bonds. The van der Waals surface area contributed by atoms with Crippen LogP contribution in [0, 0.1) is 5.92 Å². The number of aryl methyl sites for hydroxylation is 1. The second-order valence-corrected chi connectivity index (χ2v) is 9.02. The summed E-state index contributed by atoms with van der Waals surface area (Å²) in [6.07, 6.45) is 13.4. The monoisotopic (exact) mass is 443 g/mol. The molecule has 1 saturated heterocycles. The van der Waals surface area contributed by atoms with Gasteiger partial charge in [-0.15, -0.1) is 0 Å². The molecule has 0 aliphatic carbocycles. The molecule has 5 nitrogen and oxygen atoms in total. The summed E-state index contributed by atoms with van der Waals surface area (Å²) in [5.74, 6) is 0.258. The van der Waals surface area contributed by atoms with Crippen LogP contribution in [-0.4, -0.2) is 47.7 Å². The number of carbonyl (C=O) groups is 2. The summed E-state index contributed by atoms with van der Waals surface area (Å²) < 4.78 is 4.65. The molecule has 2 rings (SSSR count). The summed E-state index contributed by atoms with van der Waals surface area (Å²) in [7, 11) is 1.42. The molecule has 5 heteroatoms.